The molecule has 1 aromatic carbocycles. The van der Waals surface area contributed by atoms with Crippen LogP contribution in [-0.4, -0.2) is 15.3 Å². The van der Waals surface area contributed by atoms with Gasteiger partial charge in [0.05, 0.1) is 0 Å². The summed E-state index contributed by atoms with van der Waals surface area (Å²) in [6, 6.07) is 5.90. The van der Waals surface area contributed by atoms with Crippen molar-refractivity contribution in [2.45, 2.75) is 13.3 Å². The SMILES string of the molecule is CCC(=O)Nc1nc(-c2ccc(F)cc2)ns1. The number of anilines is 1. The van der Waals surface area contributed by atoms with Gasteiger partial charge in [-0.2, -0.15) is 9.36 Å². The molecule has 0 fully saturated rings. The molecule has 0 unspecified atom stereocenters. The largest absolute Gasteiger partial charge is 0.301 e. The number of hydrogen-bond donors (Lipinski definition) is 1. The first-order valence-electron chi connectivity index (χ1n) is 5.08. The van der Waals surface area contributed by atoms with Crippen LogP contribution >= 0.6 is 11.5 Å². The standard InChI is InChI=1S/C11H10FN3OS/c1-2-9(16)13-11-14-10(15-17-11)7-3-5-8(12)6-4-7/h3-6H,2H2,1H3,(H,13,14,15,16). The monoisotopic (exact) mass is 251 g/mol. The third-order valence-corrected chi connectivity index (χ3v) is 2.73. The maximum absolute atomic E-state index is 12.7. The lowest BCUT2D eigenvalue weighted by Gasteiger charge is -1.96. The van der Waals surface area contributed by atoms with Gasteiger partial charge in [0.25, 0.3) is 0 Å². The molecule has 1 aromatic heterocycles. The minimum atomic E-state index is -0.302. The van der Waals surface area contributed by atoms with Crippen molar-refractivity contribution in [3.05, 3.63) is 30.1 Å². The summed E-state index contributed by atoms with van der Waals surface area (Å²) in [5, 5.41) is 3.08. The molecule has 6 heteroatoms. The summed E-state index contributed by atoms with van der Waals surface area (Å²) in [6.07, 6.45) is 0.394. The Hall–Kier alpha value is -1.82. The van der Waals surface area contributed by atoms with E-state index in [1.54, 1.807) is 19.1 Å². The normalized spacial score (nSPS) is 10.2. The van der Waals surface area contributed by atoms with Crippen LogP contribution in [0.4, 0.5) is 9.52 Å². The molecular formula is C11H10FN3OS. The van der Waals surface area contributed by atoms with Crippen molar-refractivity contribution in [2.24, 2.45) is 0 Å². The van der Waals surface area contributed by atoms with E-state index in [0.29, 0.717) is 17.4 Å². The van der Waals surface area contributed by atoms with Gasteiger partial charge in [0.1, 0.15) is 5.82 Å². The van der Waals surface area contributed by atoms with E-state index in [0.717, 1.165) is 17.1 Å². The molecule has 1 amide bonds. The average Bonchev–Trinajstić information content (AvgIpc) is 2.78. The molecule has 2 rings (SSSR count). The zero-order valence-corrected chi connectivity index (χ0v) is 9.92. The molecule has 0 bridgehead atoms. The van der Waals surface area contributed by atoms with E-state index in [-0.39, 0.29) is 11.7 Å². The minimum Gasteiger partial charge on any atom is -0.301 e. The summed E-state index contributed by atoms with van der Waals surface area (Å²) in [4.78, 5) is 15.3. The molecule has 17 heavy (non-hydrogen) atoms. The van der Waals surface area contributed by atoms with E-state index in [2.05, 4.69) is 14.7 Å². The molecule has 0 radical (unpaired) electrons. The van der Waals surface area contributed by atoms with Crippen LogP contribution in [0.5, 0.6) is 0 Å². The Labute approximate surface area is 102 Å². The van der Waals surface area contributed by atoms with Crippen molar-refractivity contribution in [1.82, 2.24) is 9.36 Å². The first kappa shape index (κ1) is 11.7. The van der Waals surface area contributed by atoms with Crippen molar-refractivity contribution in [3.63, 3.8) is 0 Å². The summed E-state index contributed by atoms with van der Waals surface area (Å²) in [6.45, 7) is 1.76. The fourth-order valence-electron chi connectivity index (χ4n) is 1.20. The number of nitrogens with zero attached hydrogens (tertiary/aromatic N) is 2. The Kier molecular flexibility index (Phi) is 3.43. The summed E-state index contributed by atoms with van der Waals surface area (Å²) in [7, 11) is 0. The lowest BCUT2D eigenvalue weighted by atomic mass is 10.2. The highest BCUT2D eigenvalue weighted by Crippen LogP contribution is 2.21. The Morgan fingerprint density at radius 2 is 2.12 bits per heavy atom. The van der Waals surface area contributed by atoms with Crippen LogP contribution in [0, 0.1) is 5.82 Å². The van der Waals surface area contributed by atoms with Gasteiger partial charge in [0.2, 0.25) is 11.0 Å². The van der Waals surface area contributed by atoms with Crippen molar-refractivity contribution < 1.29 is 9.18 Å². The molecule has 1 heterocycles. The van der Waals surface area contributed by atoms with E-state index in [4.69, 9.17) is 0 Å². The highest BCUT2D eigenvalue weighted by atomic mass is 32.1. The second kappa shape index (κ2) is 5.01. The number of halogens is 1. The first-order valence-corrected chi connectivity index (χ1v) is 5.86. The number of nitrogens with one attached hydrogen (secondary N) is 1. The molecule has 2 aromatic rings. The van der Waals surface area contributed by atoms with Crippen molar-refractivity contribution in [3.8, 4) is 11.4 Å². The maximum Gasteiger partial charge on any atom is 0.225 e. The quantitative estimate of drug-likeness (QED) is 0.912. The highest BCUT2D eigenvalue weighted by Gasteiger charge is 2.08. The molecule has 0 aliphatic carbocycles. The predicted octanol–water partition coefficient (Wildman–Crippen LogP) is 2.69. The highest BCUT2D eigenvalue weighted by molar-refractivity contribution is 7.10. The summed E-state index contributed by atoms with van der Waals surface area (Å²) in [5.74, 6) is 0.0803. The van der Waals surface area contributed by atoms with Gasteiger partial charge in [0.15, 0.2) is 5.82 Å². The number of hydrogen-bond acceptors (Lipinski definition) is 4. The van der Waals surface area contributed by atoms with Crippen LogP contribution in [0.3, 0.4) is 0 Å². The lowest BCUT2D eigenvalue weighted by Crippen LogP contribution is -2.08. The van der Waals surface area contributed by atoms with Gasteiger partial charge in [-0.15, -0.1) is 0 Å². The third kappa shape index (κ3) is 2.85. The molecule has 0 aliphatic heterocycles. The molecule has 88 valence electrons. The molecular weight excluding hydrogens is 241 g/mol. The fraction of sp³-hybridized carbons (Fsp3) is 0.182. The van der Waals surface area contributed by atoms with Gasteiger partial charge in [0, 0.05) is 23.5 Å². The number of carbonyl (C=O) groups excluding carboxylic acids is 1. The van der Waals surface area contributed by atoms with Gasteiger partial charge >= 0.3 is 0 Å². The lowest BCUT2D eigenvalue weighted by molar-refractivity contribution is -0.115. The molecule has 1 N–H and O–H groups in total. The fourth-order valence-corrected chi connectivity index (χ4v) is 1.80. The van der Waals surface area contributed by atoms with E-state index in [9.17, 15) is 9.18 Å². The zero-order chi connectivity index (χ0) is 12.3. The number of amides is 1. The Morgan fingerprint density at radius 3 is 2.76 bits per heavy atom. The van der Waals surface area contributed by atoms with Crippen LogP contribution in [0.2, 0.25) is 0 Å². The molecule has 0 atom stereocenters. The maximum atomic E-state index is 12.7. The molecule has 0 saturated heterocycles. The summed E-state index contributed by atoms with van der Waals surface area (Å²) < 4.78 is 16.8. The van der Waals surface area contributed by atoms with Crippen LogP contribution in [0.25, 0.3) is 11.4 Å². The molecule has 0 aliphatic rings. The van der Waals surface area contributed by atoms with Gasteiger partial charge in [-0.1, -0.05) is 6.92 Å². The number of benzene rings is 1. The smallest absolute Gasteiger partial charge is 0.225 e. The second-order valence-electron chi connectivity index (χ2n) is 3.33. The summed E-state index contributed by atoms with van der Waals surface area (Å²) >= 11 is 1.11. The third-order valence-electron chi connectivity index (χ3n) is 2.10. The van der Waals surface area contributed by atoms with E-state index >= 15 is 0 Å². The second-order valence-corrected chi connectivity index (χ2v) is 4.08. The number of carbonyl (C=O) groups is 1. The van der Waals surface area contributed by atoms with Crippen LogP contribution in [-0.2, 0) is 4.79 Å². The Balaban J connectivity index is 2.18. The predicted molar refractivity (Wildman–Crippen MR) is 64.2 cm³/mol. The number of aromatic nitrogens is 2. The Morgan fingerprint density at radius 1 is 1.41 bits per heavy atom. The number of rotatable bonds is 3. The van der Waals surface area contributed by atoms with Gasteiger partial charge in [-0.3, -0.25) is 4.79 Å². The van der Waals surface area contributed by atoms with Crippen molar-refractivity contribution in [1.29, 1.82) is 0 Å². The topological polar surface area (TPSA) is 54.9 Å². The van der Waals surface area contributed by atoms with Crippen molar-refractivity contribution >= 4 is 22.6 Å². The zero-order valence-electron chi connectivity index (χ0n) is 9.11. The van der Waals surface area contributed by atoms with Gasteiger partial charge in [-0.25, -0.2) is 4.39 Å². The van der Waals surface area contributed by atoms with Crippen LogP contribution in [0.1, 0.15) is 13.3 Å². The Bertz CT molecular complexity index is 524. The van der Waals surface area contributed by atoms with Crippen LogP contribution in [0.15, 0.2) is 24.3 Å². The van der Waals surface area contributed by atoms with Crippen molar-refractivity contribution in [2.75, 3.05) is 5.32 Å². The summed E-state index contributed by atoms with van der Waals surface area (Å²) in [5.41, 5.74) is 0.722. The van der Waals surface area contributed by atoms with E-state index in [1.165, 1.54) is 12.1 Å². The van der Waals surface area contributed by atoms with E-state index in [1.807, 2.05) is 0 Å². The van der Waals surface area contributed by atoms with Gasteiger partial charge in [-0.05, 0) is 24.3 Å². The van der Waals surface area contributed by atoms with E-state index < -0.39 is 0 Å². The molecule has 0 saturated carbocycles. The minimum absolute atomic E-state index is 0.105. The van der Waals surface area contributed by atoms with Crippen LogP contribution < -0.4 is 5.32 Å². The van der Waals surface area contributed by atoms with Gasteiger partial charge < -0.3 is 5.32 Å². The molecule has 4 nitrogen and oxygen atoms in total. The average molecular weight is 251 g/mol. The first-order chi connectivity index (χ1) is 8.19. The molecule has 0 spiro atoms.